The van der Waals surface area contributed by atoms with E-state index in [-0.39, 0.29) is 18.5 Å². The van der Waals surface area contributed by atoms with Crippen LogP contribution < -0.4 is 10.6 Å². The number of nitrogens with zero attached hydrogens (tertiary/aromatic N) is 1. The van der Waals surface area contributed by atoms with Gasteiger partial charge in [-0.3, -0.25) is 9.69 Å². The summed E-state index contributed by atoms with van der Waals surface area (Å²) in [5.74, 6) is -1.45. The molecule has 1 fully saturated rings. The fraction of sp³-hybridized carbons (Fsp3) is 0.846. The monoisotopic (exact) mass is 287 g/mol. The molecule has 20 heavy (non-hydrogen) atoms. The average Bonchev–Trinajstić information content (AvgIpc) is 2.39. The number of ether oxygens (including phenoxy) is 1. The van der Waals surface area contributed by atoms with Gasteiger partial charge in [0, 0.05) is 32.7 Å². The number of nitrogens with one attached hydrogen (secondary N) is 2. The van der Waals surface area contributed by atoms with Crippen LogP contribution in [-0.2, 0) is 9.53 Å². The molecule has 0 aromatic rings. The van der Waals surface area contributed by atoms with E-state index in [1.54, 1.807) is 0 Å². The van der Waals surface area contributed by atoms with Crippen LogP contribution in [0.4, 0.5) is 4.79 Å². The molecule has 1 aliphatic heterocycles. The van der Waals surface area contributed by atoms with Crippen LogP contribution in [0, 0.1) is 11.8 Å². The molecule has 7 heteroatoms. The van der Waals surface area contributed by atoms with E-state index >= 15 is 0 Å². The molecule has 1 unspecified atom stereocenters. The Morgan fingerprint density at radius 2 is 1.90 bits per heavy atom. The summed E-state index contributed by atoms with van der Waals surface area (Å²) in [5.41, 5.74) is 0. The zero-order valence-electron chi connectivity index (χ0n) is 12.2. The van der Waals surface area contributed by atoms with Gasteiger partial charge in [0.15, 0.2) is 0 Å². The highest BCUT2D eigenvalue weighted by Crippen LogP contribution is 2.09. The first kappa shape index (κ1) is 16.7. The maximum Gasteiger partial charge on any atom is 0.314 e. The molecule has 2 amide bonds. The summed E-state index contributed by atoms with van der Waals surface area (Å²) in [5, 5.41) is 14.4. The predicted molar refractivity (Wildman–Crippen MR) is 74.6 cm³/mol. The van der Waals surface area contributed by atoms with Crippen LogP contribution >= 0.6 is 0 Å². The van der Waals surface area contributed by atoms with Crippen molar-refractivity contribution in [3.63, 3.8) is 0 Å². The number of urea groups is 1. The summed E-state index contributed by atoms with van der Waals surface area (Å²) >= 11 is 0. The summed E-state index contributed by atoms with van der Waals surface area (Å²) in [6.07, 6.45) is 0. The smallest absolute Gasteiger partial charge is 0.314 e. The Hall–Kier alpha value is -1.34. The Morgan fingerprint density at radius 3 is 2.45 bits per heavy atom. The van der Waals surface area contributed by atoms with Gasteiger partial charge in [-0.15, -0.1) is 0 Å². The lowest BCUT2D eigenvalue weighted by Gasteiger charge is -2.26. The molecule has 0 aromatic carbocycles. The quantitative estimate of drug-likeness (QED) is 0.612. The van der Waals surface area contributed by atoms with E-state index < -0.39 is 11.9 Å². The van der Waals surface area contributed by atoms with E-state index in [9.17, 15) is 9.59 Å². The molecular weight excluding hydrogens is 262 g/mol. The van der Waals surface area contributed by atoms with Gasteiger partial charge in [-0.1, -0.05) is 13.8 Å². The van der Waals surface area contributed by atoms with Gasteiger partial charge in [0.2, 0.25) is 0 Å². The molecule has 0 saturated carbocycles. The molecular formula is C13H25N3O4. The topological polar surface area (TPSA) is 90.9 Å². The Morgan fingerprint density at radius 1 is 1.25 bits per heavy atom. The Bertz CT molecular complexity index is 317. The van der Waals surface area contributed by atoms with Crippen LogP contribution in [0.1, 0.15) is 13.8 Å². The van der Waals surface area contributed by atoms with Crippen LogP contribution in [0.5, 0.6) is 0 Å². The van der Waals surface area contributed by atoms with Gasteiger partial charge in [0.05, 0.1) is 19.1 Å². The van der Waals surface area contributed by atoms with Crippen molar-refractivity contribution in [2.45, 2.75) is 13.8 Å². The van der Waals surface area contributed by atoms with Crippen LogP contribution in [0.3, 0.4) is 0 Å². The molecule has 7 nitrogen and oxygen atoms in total. The lowest BCUT2D eigenvalue weighted by Crippen LogP contribution is -2.45. The zero-order chi connectivity index (χ0) is 15.0. The highest BCUT2D eigenvalue weighted by molar-refractivity contribution is 5.75. The third-order valence-electron chi connectivity index (χ3n) is 3.42. The Kier molecular flexibility index (Phi) is 7.32. The summed E-state index contributed by atoms with van der Waals surface area (Å²) in [4.78, 5) is 24.8. The highest BCUT2D eigenvalue weighted by atomic mass is 16.5. The number of carboxylic acids is 1. The standard InChI is InChI=1S/C13H25N3O4/c1-10(2)11(12(17)18)9-15-13(19)14-3-4-16-5-7-20-8-6-16/h10-11H,3-9H2,1-2H3,(H,17,18)(H2,14,15,19). The second-order valence-corrected chi connectivity index (χ2v) is 5.28. The Labute approximate surface area is 119 Å². The third kappa shape index (κ3) is 6.21. The molecule has 1 heterocycles. The molecule has 1 aliphatic rings. The first-order valence-electron chi connectivity index (χ1n) is 7.05. The van der Waals surface area contributed by atoms with Gasteiger partial charge in [-0.05, 0) is 5.92 Å². The molecule has 3 N–H and O–H groups in total. The fourth-order valence-electron chi connectivity index (χ4n) is 2.03. The van der Waals surface area contributed by atoms with Gasteiger partial charge in [-0.2, -0.15) is 0 Å². The first-order chi connectivity index (χ1) is 9.50. The number of carboxylic acid groups (broad SMARTS) is 1. The molecule has 116 valence electrons. The average molecular weight is 287 g/mol. The molecule has 1 atom stereocenters. The van der Waals surface area contributed by atoms with E-state index in [1.807, 2.05) is 13.8 Å². The van der Waals surface area contributed by atoms with Crippen molar-refractivity contribution in [1.29, 1.82) is 0 Å². The second kappa shape index (κ2) is 8.76. The van der Waals surface area contributed by atoms with E-state index in [1.165, 1.54) is 0 Å². The number of amides is 2. The molecule has 0 radical (unpaired) electrons. The van der Waals surface area contributed by atoms with Crippen molar-refractivity contribution < 1.29 is 19.4 Å². The summed E-state index contributed by atoms with van der Waals surface area (Å²) < 4.78 is 5.24. The van der Waals surface area contributed by atoms with Crippen molar-refractivity contribution in [2.75, 3.05) is 45.9 Å². The minimum atomic E-state index is -0.881. The lowest BCUT2D eigenvalue weighted by molar-refractivity contribution is -0.142. The maximum absolute atomic E-state index is 11.6. The minimum Gasteiger partial charge on any atom is -0.481 e. The third-order valence-corrected chi connectivity index (χ3v) is 3.42. The number of hydrogen-bond acceptors (Lipinski definition) is 4. The van der Waals surface area contributed by atoms with Gasteiger partial charge in [0.25, 0.3) is 0 Å². The number of hydrogen-bond donors (Lipinski definition) is 3. The molecule has 1 rings (SSSR count). The van der Waals surface area contributed by atoms with Crippen molar-refractivity contribution in [3.05, 3.63) is 0 Å². The predicted octanol–water partition coefficient (Wildman–Crippen LogP) is -0.0254. The maximum atomic E-state index is 11.6. The van der Waals surface area contributed by atoms with Crippen LogP contribution in [-0.4, -0.2) is 67.9 Å². The van der Waals surface area contributed by atoms with Crippen LogP contribution in [0.2, 0.25) is 0 Å². The van der Waals surface area contributed by atoms with Gasteiger partial charge in [0.1, 0.15) is 0 Å². The van der Waals surface area contributed by atoms with Crippen molar-refractivity contribution in [3.8, 4) is 0 Å². The van der Waals surface area contributed by atoms with Gasteiger partial charge >= 0.3 is 12.0 Å². The normalized spacial score (nSPS) is 17.8. The number of morpholine rings is 1. The SMILES string of the molecule is CC(C)C(CNC(=O)NCCN1CCOCC1)C(=O)O. The van der Waals surface area contributed by atoms with Gasteiger partial charge in [-0.25, -0.2) is 4.79 Å². The largest absolute Gasteiger partial charge is 0.481 e. The second-order valence-electron chi connectivity index (χ2n) is 5.28. The molecule has 0 aromatic heterocycles. The summed E-state index contributed by atoms with van der Waals surface area (Å²) in [6, 6.07) is -0.315. The van der Waals surface area contributed by atoms with Crippen LogP contribution in [0.25, 0.3) is 0 Å². The number of carbonyl (C=O) groups is 2. The number of rotatable bonds is 7. The summed E-state index contributed by atoms with van der Waals surface area (Å²) in [6.45, 7) is 8.38. The van der Waals surface area contributed by atoms with Gasteiger partial charge < -0.3 is 20.5 Å². The van der Waals surface area contributed by atoms with Crippen molar-refractivity contribution in [2.24, 2.45) is 11.8 Å². The van der Waals surface area contributed by atoms with Crippen LogP contribution in [0.15, 0.2) is 0 Å². The van der Waals surface area contributed by atoms with E-state index in [4.69, 9.17) is 9.84 Å². The zero-order valence-corrected chi connectivity index (χ0v) is 12.2. The lowest BCUT2D eigenvalue weighted by atomic mass is 9.96. The molecule has 0 spiro atoms. The van der Waals surface area contributed by atoms with E-state index in [0.29, 0.717) is 6.54 Å². The van der Waals surface area contributed by atoms with E-state index in [2.05, 4.69) is 15.5 Å². The fourth-order valence-corrected chi connectivity index (χ4v) is 2.03. The van der Waals surface area contributed by atoms with E-state index in [0.717, 1.165) is 32.8 Å². The molecule has 1 saturated heterocycles. The number of aliphatic carboxylic acids is 1. The van der Waals surface area contributed by atoms with Crippen molar-refractivity contribution in [1.82, 2.24) is 15.5 Å². The molecule has 0 aliphatic carbocycles. The molecule has 0 bridgehead atoms. The summed E-state index contributed by atoms with van der Waals surface area (Å²) in [7, 11) is 0. The Balaban J connectivity index is 2.14. The van der Waals surface area contributed by atoms with Crippen molar-refractivity contribution >= 4 is 12.0 Å². The number of carbonyl (C=O) groups excluding carboxylic acids is 1. The first-order valence-corrected chi connectivity index (χ1v) is 7.05. The minimum absolute atomic E-state index is 0.0128. The highest BCUT2D eigenvalue weighted by Gasteiger charge is 2.21.